The third kappa shape index (κ3) is 3.82. The van der Waals surface area contributed by atoms with Crippen molar-refractivity contribution in [1.29, 1.82) is 0 Å². The molecule has 0 spiro atoms. The SMILES string of the molecule is CCC(C(=O)OCCCn1c(=O)oc2ccccc21)c1ccccc1. The Balaban J connectivity index is 1.56. The van der Waals surface area contributed by atoms with Crippen molar-refractivity contribution in [3.8, 4) is 0 Å². The Kier molecular flexibility index (Phi) is 5.33. The number of hydrogen-bond donors (Lipinski definition) is 0. The Morgan fingerprint density at radius 2 is 1.84 bits per heavy atom. The fourth-order valence-electron chi connectivity index (χ4n) is 2.95. The van der Waals surface area contributed by atoms with Crippen molar-refractivity contribution >= 4 is 17.1 Å². The number of nitrogens with zero attached hydrogens (tertiary/aromatic N) is 1. The number of carbonyl (C=O) groups is 1. The van der Waals surface area contributed by atoms with E-state index in [1.807, 2.05) is 55.5 Å². The summed E-state index contributed by atoms with van der Waals surface area (Å²) in [5.74, 6) is -0.861. The second-order valence-electron chi connectivity index (χ2n) is 5.88. The smallest absolute Gasteiger partial charge is 0.419 e. The van der Waals surface area contributed by atoms with Crippen LogP contribution in [0.4, 0.5) is 0 Å². The predicted molar refractivity (Wildman–Crippen MR) is 95.5 cm³/mol. The van der Waals surface area contributed by atoms with Gasteiger partial charge >= 0.3 is 11.7 Å². The maximum atomic E-state index is 12.3. The van der Waals surface area contributed by atoms with E-state index >= 15 is 0 Å². The van der Waals surface area contributed by atoms with Crippen LogP contribution in [0.25, 0.3) is 11.1 Å². The van der Waals surface area contributed by atoms with Gasteiger partial charge in [0.15, 0.2) is 5.58 Å². The van der Waals surface area contributed by atoms with E-state index in [9.17, 15) is 9.59 Å². The largest absolute Gasteiger partial charge is 0.465 e. The molecule has 3 aromatic rings. The van der Waals surface area contributed by atoms with Gasteiger partial charge in [0.25, 0.3) is 0 Å². The van der Waals surface area contributed by atoms with Crippen molar-refractivity contribution in [3.63, 3.8) is 0 Å². The first-order valence-corrected chi connectivity index (χ1v) is 8.50. The van der Waals surface area contributed by atoms with Gasteiger partial charge in [-0.05, 0) is 30.5 Å². The van der Waals surface area contributed by atoms with Gasteiger partial charge in [0.05, 0.1) is 18.0 Å². The van der Waals surface area contributed by atoms with E-state index in [1.54, 1.807) is 10.6 Å². The molecule has 0 radical (unpaired) electrons. The van der Waals surface area contributed by atoms with Crippen molar-refractivity contribution < 1.29 is 13.9 Å². The molecule has 25 heavy (non-hydrogen) atoms. The monoisotopic (exact) mass is 339 g/mol. The standard InChI is InChI=1S/C20H21NO4/c1-2-16(15-9-4-3-5-10-15)19(22)24-14-8-13-21-17-11-6-7-12-18(17)25-20(21)23/h3-7,9-12,16H,2,8,13-14H2,1H3. The number of fused-ring (bicyclic) bond motifs is 1. The number of para-hydroxylation sites is 2. The average Bonchev–Trinajstić information content (AvgIpc) is 2.95. The van der Waals surface area contributed by atoms with Crippen LogP contribution in [0.2, 0.25) is 0 Å². The first-order valence-electron chi connectivity index (χ1n) is 8.50. The zero-order chi connectivity index (χ0) is 17.6. The topological polar surface area (TPSA) is 61.4 Å². The van der Waals surface area contributed by atoms with Crippen LogP contribution in [0.15, 0.2) is 63.8 Å². The fraction of sp³-hybridized carbons (Fsp3) is 0.300. The van der Waals surface area contributed by atoms with Crippen LogP contribution < -0.4 is 5.76 Å². The van der Waals surface area contributed by atoms with E-state index < -0.39 is 0 Å². The lowest BCUT2D eigenvalue weighted by molar-refractivity contribution is -0.145. The van der Waals surface area contributed by atoms with Crippen LogP contribution in [-0.2, 0) is 16.1 Å². The summed E-state index contributed by atoms with van der Waals surface area (Å²) in [5, 5.41) is 0. The Labute approximate surface area is 145 Å². The molecule has 0 aliphatic carbocycles. The van der Waals surface area contributed by atoms with Gasteiger partial charge in [0, 0.05) is 6.54 Å². The number of benzene rings is 2. The number of esters is 1. The molecule has 0 aliphatic rings. The minimum Gasteiger partial charge on any atom is -0.465 e. The number of aromatic nitrogens is 1. The Bertz CT molecular complexity index is 895. The van der Waals surface area contributed by atoms with Gasteiger partial charge in [-0.25, -0.2) is 4.79 Å². The molecule has 0 fully saturated rings. The fourth-order valence-corrected chi connectivity index (χ4v) is 2.95. The van der Waals surface area contributed by atoms with Gasteiger partial charge in [0.2, 0.25) is 0 Å². The number of hydrogen-bond acceptors (Lipinski definition) is 4. The lowest BCUT2D eigenvalue weighted by Crippen LogP contribution is -2.19. The first kappa shape index (κ1) is 17.0. The van der Waals surface area contributed by atoms with E-state index in [1.165, 1.54) is 0 Å². The summed E-state index contributed by atoms with van der Waals surface area (Å²) in [6.45, 7) is 2.69. The molecule has 1 unspecified atom stereocenters. The highest BCUT2D eigenvalue weighted by atomic mass is 16.5. The summed E-state index contributed by atoms with van der Waals surface area (Å²) in [4.78, 5) is 24.2. The molecule has 0 amide bonds. The number of ether oxygens (including phenoxy) is 1. The zero-order valence-electron chi connectivity index (χ0n) is 14.2. The van der Waals surface area contributed by atoms with Crippen molar-refractivity contribution in [2.45, 2.75) is 32.2 Å². The molecule has 0 bridgehead atoms. The molecule has 5 heteroatoms. The summed E-state index contributed by atoms with van der Waals surface area (Å²) in [6.07, 6.45) is 1.25. The van der Waals surface area contributed by atoms with Crippen molar-refractivity contribution in [2.24, 2.45) is 0 Å². The normalized spacial score (nSPS) is 12.2. The second kappa shape index (κ2) is 7.83. The lowest BCUT2D eigenvalue weighted by Gasteiger charge is -2.14. The highest BCUT2D eigenvalue weighted by molar-refractivity contribution is 5.78. The van der Waals surface area contributed by atoms with E-state index in [0.717, 1.165) is 11.1 Å². The van der Waals surface area contributed by atoms with Crippen LogP contribution in [0.1, 0.15) is 31.2 Å². The summed E-state index contributed by atoms with van der Waals surface area (Å²) in [6, 6.07) is 16.9. The van der Waals surface area contributed by atoms with Gasteiger partial charge < -0.3 is 9.15 Å². The number of rotatable bonds is 7. The highest BCUT2D eigenvalue weighted by Gasteiger charge is 2.19. The Morgan fingerprint density at radius 3 is 2.60 bits per heavy atom. The predicted octanol–water partition coefficient (Wildman–Crippen LogP) is 3.72. The van der Waals surface area contributed by atoms with E-state index in [2.05, 4.69) is 0 Å². The summed E-state index contributed by atoms with van der Waals surface area (Å²) >= 11 is 0. The third-order valence-electron chi connectivity index (χ3n) is 4.24. The molecule has 0 saturated carbocycles. The summed E-state index contributed by atoms with van der Waals surface area (Å²) in [7, 11) is 0. The van der Waals surface area contributed by atoms with E-state index in [-0.39, 0.29) is 24.3 Å². The third-order valence-corrected chi connectivity index (χ3v) is 4.24. The average molecular weight is 339 g/mol. The lowest BCUT2D eigenvalue weighted by atomic mass is 9.97. The van der Waals surface area contributed by atoms with Crippen molar-refractivity contribution in [3.05, 3.63) is 70.7 Å². The van der Waals surface area contributed by atoms with Crippen LogP contribution in [-0.4, -0.2) is 17.1 Å². The van der Waals surface area contributed by atoms with Gasteiger partial charge in [0.1, 0.15) is 0 Å². The molecule has 3 rings (SSSR count). The van der Waals surface area contributed by atoms with Gasteiger partial charge in [-0.3, -0.25) is 9.36 Å². The molecular formula is C20H21NO4. The number of carbonyl (C=O) groups excluding carboxylic acids is 1. The second-order valence-corrected chi connectivity index (χ2v) is 5.88. The molecule has 1 heterocycles. The molecule has 0 saturated heterocycles. The van der Waals surface area contributed by atoms with E-state index in [4.69, 9.17) is 9.15 Å². The maximum Gasteiger partial charge on any atom is 0.419 e. The van der Waals surface area contributed by atoms with Crippen LogP contribution in [0.5, 0.6) is 0 Å². The van der Waals surface area contributed by atoms with Gasteiger partial charge in [-0.15, -0.1) is 0 Å². The molecule has 1 aromatic heterocycles. The van der Waals surface area contributed by atoms with Crippen LogP contribution in [0.3, 0.4) is 0 Å². The number of oxazole rings is 1. The van der Waals surface area contributed by atoms with Gasteiger partial charge in [-0.1, -0.05) is 49.4 Å². The molecule has 130 valence electrons. The highest BCUT2D eigenvalue weighted by Crippen LogP contribution is 2.21. The van der Waals surface area contributed by atoms with Gasteiger partial charge in [-0.2, -0.15) is 0 Å². The molecular weight excluding hydrogens is 318 g/mol. The molecule has 2 aromatic carbocycles. The van der Waals surface area contributed by atoms with Crippen LogP contribution >= 0.6 is 0 Å². The van der Waals surface area contributed by atoms with Crippen molar-refractivity contribution in [2.75, 3.05) is 6.61 Å². The zero-order valence-corrected chi connectivity index (χ0v) is 14.2. The first-order chi connectivity index (χ1) is 12.2. The van der Waals surface area contributed by atoms with E-state index in [0.29, 0.717) is 25.0 Å². The Morgan fingerprint density at radius 1 is 1.12 bits per heavy atom. The summed E-state index contributed by atoms with van der Waals surface area (Å²) in [5.41, 5.74) is 2.29. The molecule has 0 N–H and O–H groups in total. The Hall–Kier alpha value is -2.82. The molecule has 5 nitrogen and oxygen atoms in total. The summed E-state index contributed by atoms with van der Waals surface area (Å²) < 4.78 is 12.2. The molecule has 0 aliphatic heterocycles. The minimum atomic E-state index is -0.386. The quantitative estimate of drug-likeness (QED) is 0.486. The van der Waals surface area contributed by atoms with Crippen LogP contribution in [0, 0.1) is 0 Å². The minimum absolute atomic E-state index is 0.224. The molecule has 1 atom stereocenters. The maximum absolute atomic E-state index is 12.3. The van der Waals surface area contributed by atoms with Crippen molar-refractivity contribution in [1.82, 2.24) is 4.57 Å². The number of aryl methyl sites for hydroxylation is 1.